The predicted molar refractivity (Wildman–Crippen MR) is 89.9 cm³/mol. The van der Waals surface area contributed by atoms with Gasteiger partial charge in [0, 0.05) is 0 Å². The van der Waals surface area contributed by atoms with Crippen molar-refractivity contribution in [2.75, 3.05) is 27.2 Å². The molecule has 2 rings (SSSR count). The Morgan fingerprint density at radius 3 is 2.71 bits per heavy atom. The zero-order valence-electron chi connectivity index (χ0n) is 13.6. The predicted octanol–water partition coefficient (Wildman–Crippen LogP) is -2.99. The Labute approximate surface area is 157 Å². The minimum atomic E-state index is -1.47. The van der Waals surface area contributed by atoms with E-state index < -0.39 is 22.6 Å². The highest BCUT2D eigenvalue weighted by Crippen LogP contribution is 2.38. The van der Waals surface area contributed by atoms with Crippen LogP contribution >= 0.6 is 12.4 Å². The molecule has 3 N–H and O–H groups in total. The van der Waals surface area contributed by atoms with Crippen LogP contribution in [0.5, 0.6) is 0 Å². The molecule has 1 fully saturated rings. The van der Waals surface area contributed by atoms with Gasteiger partial charge < -0.3 is 32.3 Å². The van der Waals surface area contributed by atoms with Crippen molar-refractivity contribution in [2.45, 2.75) is 24.1 Å². The molecule has 1 saturated heterocycles. The number of amides is 1. The van der Waals surface area contributed by atoms with Gasteiger partial charge in [0.25, 0.3) is 11.2 Å². The number of likely N-dealkylation sites (N-methyl/N-ethyl adjacent to an activating group) is 1. The van der Waals surface area contributed by atoms with Crippen molar-refractivity contribution in [1.82, 2.24) is 4.31 Å². The molecule has 2 aliphatic heterocycles. The smallest absolute Gasteiger partial charge is 0.362 e. The van der Waals surface area contributed by atoms with Gasteiger partial charge in [-0.05, 0) is 24.5 Å². The van der Waals surface area contributed by atoms with Gasteiger partial charge in [0.05, 0.1) is 38.2 Å². The van der Waals surface area contributed by atoms with Crippen LogP contribution in [0.15, 0.2) is 23.9 Å². The number of quaternary nitrogens is 1. The number of hydrogen-bond donors (Lipinski definition) is 2. The Morgan fingerprint density at radius 1 is 1.54 bits per heavy atom. The second-order valence-corrected chi connectivity index (χ2v) is 7.83. The minimum absolute atomic E-state index is 0. The maximum Gasteiger partial charge on any atom is 0.362 e. The summed E-state index contributed by atoms with van der Waals surface area (Å²) in [4.78, 5) is 22.0. The van der Waals surface area contributed by atoms with E-state index in [1.54, 1.807) is 10.5 Å². The summed E-state index contributed by atoms with van der Waals surface area (Å²) in [6.45, 7) is 0.923. The molecule has 0 aromatic rings. The fourth-order valence-corrected chi connectivity index (χ4v) is 4.30. The third kappa shape index (κ3) is 5.29. The standard InChI is InChI=1S/C14H21N3O4S.2ClH/c1-17(2,9-12(15)18)7-3-4-10-5-6-11-13(14(19)20)22(21)16(11)8-10;;/h3-4,8,11,13H,5-7,9H2,1-2H3,(H2-,15,18,19,20);2*1H/t11-,13-,22?;;/m1../s1. The molecule has 2 aliphatic rings. The van der Waals surface area contributed by atoms with Crippen LogP contribution < -0.4 is 18.1 Å². The monoisotopic (exact) mass is 399 g/mol. The summed E-state index contributed by atoms with van der Waals surface area (Å²) in [6.07, 6.45) is 7.16. The van der Waals surface area contributed by atoms with Crippen LogP contribution in [0, 0.1) is 0 Å². The number of carbonyl (C=O) groups excluding carboxylic acids is 1. The Bertz CT molecular complexity index is 542. The van der Waals surface area contributed by atoms with Crippen LogP contribution in [-0.2, 0) is 21.0 Å². The lowest BCUT2D eigenvalue weighted by atomic mass is 9.98. The summed E-state index contributed by atoms with van der Waals surface area (Å²) in [5.74, 6) is -1.33. The Balaban J connectivity index is 0.00000264. The van der Waals surface area contributed by atoms with Gasteiger partial charge in [0.2, 0.25) is 0 Å². The second kappa shape index (κ2) is 8.96. The molecule has 0 radical (unpaired) electrons. The molecule has 2 heterocycles. The van der Waals surface area contributed by atoms with Crippen LogP contribution in [0.3, 0.4) is 0 Å². The van der Waals surface area contributed by atoms with E-state index in [-0.39, 0.29) is 43.3 Å². The normalized spacial score (nSPS) is 25.7. The van der Waals surface area contributed by atoms with E-state index in [9.17, 15) is 14.1 Å². The largest absolute Gasteiger partial charge is 1.00 e. The third-order valence-electron chi connectivity index (χ3n) is 3.88. The van der Waals surface area contributed by atoms with Gasteiger partial charge in [-0.25, -0.2) is 4.79 Å². The van der Waals surface area contributed by atoms with Gasteiger partial charge in [-0.15, -0.1) is 12.4 Å². The molecular formula is C14H23Cl2N3O4S. The molecule has 10 heteroatoms. The van der Waals surface area contributed by atoms with Gasteiger partial charge >= 0.3 is 5.97 Å². The van der Waals surface area contributed by atoms with Crippen molar-refractivity contribution < 1.29 is 36.1 Å². The summed E-state index contributed by atoms with van der Waals surface area (Å²) in [7, 11) is 3.84. The van der Waals surface area contributed by atoms with Crippen molar-refractivity contribution >= 4 is 35.6 Å². The highest BCUT2D eigenvalue weighted by Gasteiger charge is 2.58. The molecule has 0 aliphatic carbocycles. The number of fused-ring (bicyclic) bond motifs is 1. The Morgan fingerprint density at radius 2 is 2.17 bits per heavy atom. The topological polar surface area (TPSA) is 107 Å². The first-order chi connectivity index (χ1) is 10.2. The second-order valence-electron chi connectivity index (χ2n) is 6.35. The quantitative estimate of drug-likeness (QED) is 0.365. The Hall–Kier alpha value is -0.930. The number of aliphatic carboxylic acids is 1. The lowest BCUT2D eigenvalue weighted by Gasteiger charge is -2.46. The van der Waals surface area contributed by atoms with E-state index in [4.69, 9.17) is 10.8 Å². The van der Waals surface area contributed by atoms with Gasteiger partial charge in [0.1, 0.15) is 6.04 Å². The number of halogens is 2. The molecule has 0 bridgehead atoms. The number of rotatable bonds is 6. The average molecular weight is 400 g/mol. The molecule has 0 spiro atoms. The van der Waals surface area contributed by atoms with E-state index >= 15 is 0 Å². The highest BCUT2D eigenvalue weighted by molar-refractivity contribution is 7.92. The van der Waals surface area contributed by atoms with E-state index in [2.05, 4.69) is 0 Å². The van der Waals surface area contributed by atoms with E-state index in [1.807, 2.05) is 26.2 Å². The lowest BCUT2D eigenvalue weighted by molar-refractivity contribution is -0.876. The summed E-state index contributed by atoms with van der Waals surface area (Å²) >= 11 is -1.47. The molecule has 0 aromatic heterocycles. The number of primary amides is 1. The number of nitrogens with two attached hydrogens (primary N) is 1. The third-order valence-corrected chi connectivity index (χ3v) is 5.62. The van der Waals surface area contributed by atoms with Crippen LogP contribution in [0.25, 0.3) is 0 Å². The fraction of sp³-hybridized carbons (Fsp3) is 0.571. The first-order valence-corrected chi connectivity index (χ1v) is 8.27. The molecule has 0 saturated carbocycles. The molecule has 24 heavy (non-hydrogen) atoms. The summed E-state index contributed by atoms with van der Waals surface area (Å²) in [6, 6.07) is -0.155. The summed E-state index contributed by atoms with van der Waals surface area (Å²) in [5.41, 5.74) is 6.23. The molecule has 138 valence electrons. The first kappa shape index (κ1) is 23.1. The lowest BCUT2D eigenvalue weighted by Crippen LogP contribution is -3.00. The highest BCUT2D eigenvalue weighted by atomic mass is 35.5. The van der Waals surface area contributed by atoms with Crippen molar-refractivity contribution in [2.24, 2.45) is 5.73 Å². The zero-order chi connectivity index (χ0) is 16.5. The summed E-state index contributed by atoms with van der Waals surface area (Å²) < 4.78 is 14.0. The van der Waals surface area contributed by atoms with Crippen LogP contribution in [-0.4, -0.2) is 68.8 Å². The van der Waals surface area contributed by atoms with Gasteiger partial charge in [-0.3, -0.25) is 4.79 Å². The number of nitrogens with zero attached hydrogens (tertiary/aromatic N) is 2. The molecule has 1 amide bonds. The fourth-order valence-electron chi connectivity index (χ4n) is 2.79. The van der Waals surface area contributed by atoms with Crippen molar-refractivity contribution in [3.8, 4) is 0 Å². The maximum absolute atomic E-state index is 11.9. The van der Waals surface area contributed by atoms with E-state index in [0.29, 0.717) is 17.4 Å². The van der Waals surface area contributed by atoms with Crippen LogP contribution in [0.2, 0.25) is 0 Å². The van der Waals surface area contributed by atoms with Crippen molar-refractivity contribution in [3.05, 3.63) is 23.9 Å². The van der Waals surface area contributed by atoms with Crippen molar-refractivity contribution in [3.63, 3.8) is 0 Å². The molecule has 1 unspecified atom stereocenters. The van der Waals surface area contributed by atoms with Gasteiger partial charge in [0.15, 0.2) is 6.54 Å². The number of allylic oxidation sites excluding steroid dienone is 2. The van der Waals surface area contributed by atoms with E-state index in [1.165, 1.54) is 0 Å². The van der Waals surface area contributed by atoms with Gasteiger partial charge in [-0.2, -0.15) is 4.31 Å². The zero-order valence-corrected chi connectivity index (χ0v) is 15.9. The number of carboxylic acid groups (broad SMARTS) is 1. The number of carboxylic acids is 1. The summed E-state index contributed by atoms with van der Waals surface area (Å²) in [5, 5.41) is 8.25. The van der Waals surface area contributed by atoms with Crippen LogP contribution in [0.1, 0.15) is 12.8 Å². The van der Waals surface area contributed by atoms with Crippen molar-refractivity contribution in [1.29, 1.82) is 0 Å². The minimum Gasteiger partial charge on any atom is -1.00 e. The molecule has 7 nitrogen and oxygen atoms in total. The Kier molecular flexibility index (Phi) is 8.61. The van der Waals surface area contributed by atoms with E-state index in [0.717, 1.165) is 12.0 Å². The number of carbonyl (C=O) groups is 2. The van der Waals surface area contributed by atoms with Crippen LogP contribution in [0.4, 0.5) is 0 Å². The number of hydrogen-bond acceptors (Lipinski definition) is 4. The molecule has 0 aromatic carbocycles. The van der Waals surface area contributed by atoms with Gasteiger partial charge in [-0.1, -0.05) is 6.08 Å². The molecule has 3 atom stereocenters. The molecular weight excluding hydrogens is 377 g/mol. The first-order valence-electron chi connectivity index (χ1n) is 7.11. The average Bonchev–Trinajstić information content (AvgIpc) is 2.37. The maximum atomic E-state index is 11.9. The SMILES string of the molecule is C[N+](C)(CC=CC1=CN2[C@H](CC1)[C@H](C(=O)O)[S+]2[O-])CC(N)=O.Cl.[Cl-].